The summed E-state index contributed by atoms with van der Waals surface area (Å²) in [5.41, 5.74) is 1.18. The van der Waals surface area contributed by atoms with Gasteiger partial charge in [0, 0.05) is 13.6 Å². The fourth-order valence-corrected chi connectivity index (χ4v) is 5.57. The molecule has 1 atom stereocenters. The molecule has 0 saturated heterocycles. The lowest BCUT2D eigenvalue weighted by molar-refractivity contribution is 0.482. The van der Waals surface area contributed by atoms with E-state index < -0.39 is 43.5 Å². The van der Waals surface area contributed by atoms with Gasteiger partial charge < -0.3 is 0 Å². The zero-order chi connectivity index (χ0) is 23.4. The Morgan fingerprint density at radius 2 is 1.28 bits per heavy atom. The van der Waals surface area contributed by atoms with Gasteiger partial charge in [-0.1, -0.05) is 42.5 Å². The fraction of sp³-hybridized carbons (Fsp3) is 0.182. The van der Waals surface area contributed by atoms with E-state index in [1.54, 1.807) is 30.3 Å². The molecule has 6 nitrogen and oxygen atoms in total. The average Bonchev–Trinajstić information content (AvgIpc) is 2.77. The summed E-state index contributed by atoms with van der Waals surface area (Å²) < 4.78 is 80.8. The molecule has 170 valence electrons. The minimum Gasteiger partial charge on any atom is -0.212 e. The second-order valence-electron chi connectivity index (χ2n) is 7.11. The van der Waals surface area contributed by atoms with Crippen LogP contribution in [0.25, 0.3) is 0 Å². The van der Waals surface area contributed by atoms with Gasteiger partial charge in [-0.2, -0.15) is 4.31 Å². The van der Waals surface area contributed by atoms with Crippen LogP contribution in [0.3, 0.4) is 0 Å². The smallest absolute Gasteiger partial charge is 0.212 e. The Bertz CT molecular complexity index is 1250. The number of halogens is 2. The van der Waals surface area contributed by atoms with Crippen LogP contribution in [0.5, 0.6) is 0 Å². The molecule has 0 bridgehead atoms. The van der Waals surface area contributed by atoms with E-state index in [0.717, 1.165) is 28.6 Å². The van der Waals surface area contributed by atoms with E-state index in [4.69, 9.17) is 0 Å². The first kappa shape index (κ1) is 24.0. The highest BCUT2D eigenvalue weighted by Crippen LogP contribution is 2.23. The van der Waals surface area contributed by atoms with Crippen molar-refractivity contribution in [3.05, 3.63) is 102 Å². The van der Waals surface area contributed by atoms with Crippen molar-refractivity contribution in [2.45, 2.75) is 10.9 Å². The monoisotopic (exact) mass is 480 g/mol. The van der Waals surface area contributed by atoms with Gasteiger partial charge in [-0.25, -0.2) is 30.3 Å². The molecule has 0 aliphatic carbocycles. The van der Waals surface area contributed by atoms with Gasteiger partial charge >= 0.3 is 0 Å². The molecular weight excluding hydrogens is 458 g/mol. The van der Waals surface area contributed by atoms with E-state index in [9.17, 15) is 25.6 Å². The molecule has 0 saturated carbocycles. The highest BCUT2D eigenvalue weighted by atomic mass is 32.2. The summed E-state index contributed by atoms with van der Waals surface area (Å²) in [6, 6.07) is 17.7. The molecule has 3 rings (SSSR count). The third kappa shape index (κ3) is 5.98. The lowest BCUT2D eigenvalue weighted by Crippen LogP contribution is -2.37. The van der Waals surface area contributed by atoms with Gasteiger partial charge in [-0.15, -0.1) is 0 Å². The van der Waals surface area contributed by atoms with Gasteiger partial charge in [-0.3, -0.25) is 0 Å². The lowest BCUT2D eigenvalue weighted by Gasteiger charge is -2.21. The largest absolute Gasteiger partial charge is 0.242 e. The van der Waals surface area contributed by atoms with E-state index in [1.807, 2.05) is 0 Å². The summed E-state index contributed by atoms with van der Waals surface area (Å²) in [4.78, 5) is -0.139. The van der Waals surface area contributed by atoms with Crippen LogP contribution < -0.4 is 4.72 Å². The Morgan fingerprint density at radius 3 is 1.84 bits per heavy atom. The van der Waals surface area contributed by atoms with Crippen LogP contribution in [-0.4, -0.2) is 40.5 Å². The van der Waals surface area contributed by atoms with E-state index in [-0.39, 0.29) is 11.4 Å². The highest BCUT2D eigenvalue weighted by Gasteiger charge is 2.25. The maximum absolute atomic E-state index is 13.4. The molecular formula is C22H22F2N2O4S2. The van der Waals surface area contributed by atoms with Crippen molar-refractivity contribution < 1.29 is 25.6 Å². The minimum absolute atomic E-state index is 0.139. The van der Waals surface area contributed by atoms with Crippen molar-refractivity contribution in [3.63, 3.8) is 0 Å². The predicted molar refractivity (Wildman–Crippen MR) is 118 cm³/mol. The first-order valence-electron chi connectivity index (χ1n) is 9.61. The maximum atomic E-state index is 13.4. The van der Waals surface area contributed by atoms with Gasteiger partial charge in [0.15, 0.2) is 0 Å². The van der Waals surface area contributed by atoms with Crippen LogP contribution in [0, 0.1) is 11.6 Å². The van der Waals surface area contributed by atoms with E-state index >= 15 is 0 Å². The number of hydrogen-bond donors (Lipinski definition) is 1. The molecule has 1 N–H and O–H groups in total. The predicted octanol–water partition coefficient (Wildman–Crippen LogP) is 3.29. The van der Waals surface area contributed by atoms with E-state index in [2.05, 4.69) is 4.72 Å². The van der Waals surface area contributed by atoms with Crippen LogP contribution in [-0.2, 0) is 20.0 Å². The highest BCUT2D eigenvalue weighted by molar-refractivity contribution is 7.90. The first-order valence-corrected chi connectivity index (χ1v) is 12.7. The molecule has 0 aromatic heterocycles. The topological polar surface area (TPSA) is 83.6 Å². The number of nitrogens with one attached hydrogen (secondary N) is 1. The second-order valence-corrected chi connectivity index (χ2v) is 11.0. The Morgan fingerprint density at radius 1 is 0.781 bits per heavy atom. The zero-order valence-corrected chi connectivity index (χ0v) is 18.8. The van der Waals surface area contributed by atoms with Gasteiger partial charge in [0.2, 0.25) is 20.0 Å². The zero-order valence-electron chi connectivity index (χ0n) is 17.1. The van der Waals surface area contributed by atoms with Crippen LogP contribution in [0.1, 0.15) is 17.2 Å². The van der Waals surface area contributed by atoms with Crippen LogP contribution in [0.15, 0.2) is 83.8 Å². The average molecular weight is 481 g/mol. The minimum atomic E-state index is -3.98. The van der Waals surface area contributed by atoms with Crippen LogP contribution >= 0.6 is 0 Å². The Balaban J connectivity index is 1.77. The Kier molecular flexibility index (Phi) is 7.40. The summed E-state index contributed by atoms with van der Waals surface area (Å²) in [5, 5.41) is 0. The summed E-state index contributed by atoms with van der Waals surface area (Å²) in [6.07, 6.45) is 0. The van der Waals surface area contributed by atoms with Crippen LogP contribution in [0.2, 0.25) is 0 Å². The molecule has 3 aromatic rings. The molecule has 10 heteroatoms. The van der Waals surface area contributed by atoms with Crippen molar-refractivity contribution in [1.29, 1.82) is 0 Å². The first-order chi connectivity index (χ1) is 15.1. The molecule has 0 radical (unpaired) electrons. The van der Waals surface area contributed by atoms with Crippen molar-refractivity contribution in [2.75, 3.05) is 19.3 Å². The second kappa shape index (κ2) is 9.86. The van der Waals surface area contributed by atoms with Gasteiger partial charge in [0.1, 0.15) is 11.6 Å². The van der Waals surface area contributed by atoms with Crippen molar-refractivity contribution >= 4 is 20.0 Å². The van der Waals surface area contributed by atoms with Gasteiger partial charge in [-0.05, 0) is 47.5 Å². The summed E-state index contributed by atoms with van der Waals surface area (Å²) in [7, 11) is -6.67. The standard InChI is InChI=1S/C22H22F2N2O4S2/c1-26(32(29,30)21-13-11-20(24)12-14-21)15-16-31(27,28)25-22(17-5-3-2-4-6-17)18-7-9-19(23)10-8-18/h2-14,22,25H,15-16H2,1H3/t22-/m0/s1. The summed E-state index contributed by atoms with van der Waals surface area (Å²) >= 11 is 0. The fourth-order valence-electron chi connectivity index (χ4n) is 3.02. The molecule has 32 heavy (non-hydrogen) atoms. The lowest BCUT2D eigenvalue weighted by atomic mass is 10.00. The third-order valence-corrected chi connectivity index (χ3v) is 8.02. The van der Waals surface area contributed by atoms with Gasteiger partial charge in [0.05, 0.1) is 16.7 Å². The Labute approximate surface area is 186 Å². The number of hydrogen-bond acceptors (Lipinski definition) is 4. The molecule has 0 aliphatic rings. The van der Waals surface area contributed by atoms with Crippen molar-refractivity contribution in [1.82, 2.24) is 9.03 Å². The van der Waals surface area contributed by atoms with Gasteiger partial charge in [0.25, 0.3) is 0 Å². The molecule has 0 spiro atoms. The summed E-state index contributed by atoms with van der Waals surface area (Å²) in [5.74, 6) is -1.53. The molecule has 3 aromatic carbocycles. The molecule has 0 unspecified atom stereocenters. The quantitative estimate of drug-likeness (QED) is 0.510. The molecule has 0 heterocycles. The van der Waals surface area contributed by atoms with E-state index in [0.29, 0.717) is 11.1 Å². The molecule has 0 aliphatic heterocycles. The number of sulfonamides is 2. The number of benzene rings is 3. The number of nitrogens with zero attached hydrogens (tertiary/aromatic N) is 1. The normalized spacial score (nSPS) is 13.2. The molecule has 0 amide bonds. The number of rotatable bonds is 9. The van der Waals surface area contributed by atoms with Crippen molar-refractivity contribution in [3.8, 4) is 0 Å². The Hall–Kier alpha value is -2.66. The maximum Gasteiger partial charge on any atom is 0.242 e. The SMILES string of the molecule is CN(CCS(=O)(=O)N[C@@H](c1ccccc1)c1ccc(F)cc1)S(=O)(=O)c1ccc(F)cc1. The summed E-state index contributed by atoms with van der Waals surface area (Å²) in [6.45, 7) is -0.319. The molecule has 0 fully saturated rings. The van der Waals surface area contributed by atoms with E-state index in [1.165, 1.54) is 31.3 Å². The van der Waals surface area contributed by atoms with Crippen molar-refractivity contribution in [2.24, 2.45) is 0 Å². The van der Waals surface area contributed by atoms with Crippen LogP contribution in [0.4, 0.5) is 8.78 Å². The third-order valence-electron chi connectivity index (χ3n) is 4.83.